The molecule has 8 nitrogen and oxygen atoms in total. The fourth-order valence-electron chi connectivity index (χ4n) is 2.47. The molecular formula is C23H30N4O4. The Balaban J connectivity index is 1.67. The summed E-state index contributed by atoms with van der Waals surface area (Å²) in [5, 5.41) is 11.0. The van der Waals surface area contributed by atoms with E-state index in [4.69, 9.17) is 4.74 Å². The SMILES string of the molecule is COc1ccc(CNC(=O)NCCNC(=O)c2ccc(NC(=O)C(C)(C)C)cc2)cc1. The molecule has 31 heavy (non-hydrogen) atoms. The standard InChI is InChI=1S/C23H30N4O4/c1-23(2,3)21(29)27-18-9-7-17(8-10-18)20(28)24-13-14-25-22(30)26-15-16-5-11-19(31-4)12-6-16/h5-12H,13-15H2,1-4H3,(H,24,28)(H,27,29)(H2,25,26,30). The predicted molar refractivity (Wildman–Crippen MR) is 120 cm³/mol. The molecule has 0 atom stereocenters. The van der Waals surface area contributed by atoms with Crippen LogP contribution >= 0.6 is 0 Å². The van der Waals surface area contributed by atoms with Crippen LogP contribution < -0.4 is 26.0 Å². The number of methoxy groups -OCH3 is 1. The summed E-state index contributed by atoms with van der Waals surface area (Å²) in [6, 6.07) is 13.7. The summed E-state index contributed by atoms with van der Waals surface area (Å²) in [5.74, 6) is 0.406. The molecule has 0 aliphatic carbocycles. The van der Waals surface area contributed by atoms with Crippen LogP contribution in [0.25, 0.3) is 0 Å². The van der Waals surface area contributed by atoms with Crippen molar-refractivity contribution in [1.29, 1.82) is 0 Å². The maximum atomic E-state index is 12.2. The number of hydrogen-bond acceptors (Lipinski definition) is 4. The van der Waals surface area contributed by atoms with Gasteiger partial charge < -0.3 is 26.0 Å². The largest absolute Gasteiger partial charge is 0.497 e. The summed E-state index contributed by atoms with van der Waals surface area (Å²) in [4.78, 5) is 36.1. The van der Waals surface area contributed by atoms with E-state index in [9.17, 15) is 14.4 Å². The highest BCUT2D eigenvalue weighted by atomic mass is 16.5. The molecule has 0 radical (unpaired) electrons. The van der Waals surface area contributed by atoms with Gasteiger partial charge in [0.05, 0.1) is 7.11 Å². The molecule has 2 aromatic carbocycles. The van der Waals surface area contributed by atoms with E-state index in [1.165, 1.54) is 0 Å². The highest BCUT2D eigenvalue weighted by Crippen LogP contribution is 2.17. The topological polar surface area (TPSA) is 109 Å². The van der Waals surface area contributed by atoms with Gasteiger partial charge in [-0.25, -0.2) is 4.79 Å². The minimum atomic E-state index is -0.496. The highest BCUT2D eigenvalue weighted by molar-refractivity contribution is 5.97. The Morgan fingerprint density at radius 1 is 0.839 bits per heavy atom. The number of nitrogens with one attached hydrogen (secondary N) is 4. The molecule has 8 heteroatoms. The highest BCUT2D eigenvalue weighted by Gasteiger charge is 2.21. The molecule has 0 saturated carbocycles. The summed E-state index contributed by atoms with van der Waals surface area (Å²) in [6.45, 7) is 6.46. The molecule has 0 aromatic heterocycles. The first-order valence-corrected chi connectivity index (χ1v) is 10.0. The van der Waals surface area contributed by atoms with Gasteiger partial charge in [0.2, 0.25) is 5.91 Å². The number of carbonyl (C=O) groups excluding carboxylic acids is 3. The van der Waals surface area contributed by atoms with E-state index < -0.39 is 5.41 Å². The maximum Gasteiger partial charge on any atom is 0.315 e. The van der Waals surface area contributed by atoms with Crippen LogP contribution in [0.1, 0.15) is 36.7 Å². The minimum absolute atomic E-state index is 0.0963. The molecule has 0 aliphatic rings. The van der Waals surface area contributed by atoms with E-state index in [0.29, 0.717) is 24.3 Å². The van der Waals surface area contributed by atoms with Crippen LogP contribution in [0.4, 0.5) is 10.5 Å². The number of amides is 4. The Morgan fingerprint density at radius 3 is 2.03 bits per heavy atom. The zero-order valence-electron chi connectivity index (χ0n) is 18.4. The third-order valence-corrected chi connectivity index (χ3v) is 4.39. The lowest BCUT2D eigenvalue weighted by Gasteiger charge is -2.17. The van der Waals surface area contributed by atoms with Gasteiger partial charge in [0.1, 0.15) is 5.75 Å². The van der Waals surface area contributed by atoms with Crippen LogP contribution in [0.2, 0.25) is 0 Å². The second-order valence-corrected chi connectivity index (χ2v) is 7.99. The average molecular weight is 427 g/mol. The molecule has 0 heterocycles. The quantitative estimate of drug-likeness (QED) is 0.487. The van der Waals surface area contributed by atoms with Crippen LogP contribution in [0, 0.1) is 5.41 Å². The van der Waals surface area contributed by atoms with Crippen molar-refractivity contribution in [3.63, 3.8) is 0 Å². The van der Waals surface area contributed by atoms with E-state index in [1.807, 2.05) is 45.0 Å². The monoisotopic (exact) mass is 426 g/mol. The van der Waals surface area contributed by atoms with Gasteiger partial charge in [-0.15, -0.1) is 0 Å². The fraction of sp³-hybridized carbons (Fsp3) is 0.348. The average Bonchev–Trinajstić information content (AvgIpc) is 2.75. The number of urea groups is 1. The molecule has 4 N–H and O–H groups in total. The van der Waals surface area contributed by atoms with Crippen molar-refractivity contribution in [3.05, 3.63) is 59.7 Å². The fourth-order valence-corrected chi connectivity index (χ4v) is 2.47. The van der Waals surface area contributed by atoms with Crippen molar-refractivity contribution in [1.82, 2.24) is 16.0 Å². The molecule has 0 bridgehead atoms. The van der Waals surface area contributed by atoms with Crippen LogP contribution in [0.5, 0.6) is 5.75 Å². The molecule has 0 fully saturated rings. The molecule has 4 amide bonds. The van der Waals surface area contributed by atoms with Gasteiger partial charge in [-0.1, -0.05) is 32.9 Å². The number of hydrogen-bond donors (Lipinski definition) is 4. The zero-order chi connectivity index (χ0) is 22.9. The van der Waals surface area contributed by atoms with Gasteiger partial charge in [0.15, 0.2) is 0 Å². The third-order valence-electron chi connectivity index (χ3n) is 4.39. The van der Waals surface area contributed by atoms with Crippen LogP contribution in [0.3, 0.4) is 0 Å². The Hall–Kier alpha value is -3.55. The van der Waals surface area contributed by atoms with Gasteiger partial charge in [-0.2, -0.15) is 0 Å². The van der Waals surface area contributed by atoms with Crippen molar-refractivity contribution >= 4 is 23.5 Å². The minimum Gasteiger partial charge on any atom is -0.497 e. The van der Waals surface area contributed by atoms with Gasteiger partial charge in [0.25, 0.3) is 5.91 Å². The lowest BCUT2D eigenvalue weighted by molar-refractivity contribution is -0.123. The Labute approximate surface area is 182 Å². The number of carbonyl (C=O) groups is 3. The number of ether oxygens (including phenoxy) is 1. The second-order valence-electron chi connectivity index (χ2n) is 7.99. The Morgan fingerprint density at radius 2 is 1.45 bits per heavy atom. The second kappa shape index (κ2) is 11.0. The van der Waals surface area contributed by atoms with Gasteiger partial charge >= 0.3 is 6.03 Å². The molecule has 0 aliphatic heterocycles. The molecule has 2 aromatic rings. The van der Waals surface area contributed by atoms with Crippen molar-refractivity contribution < 1.29 is 19.1 Å². The first kappa shape index (κ1) is 23.7. The zero-order valence-corrected chi connectivity index (χ0v) is 18.4. The predicted octanol–water partition coefficient (Wildman–Crippen LogP) is 2.91. The molecular weight excluding hydrogens is 396 g/mol. The molecule has 0 unspecified atom stereocenters. The maximum absolute atomic E-state index is 12.2. The summed E-state index contributed by atoms with van der Waals surface area (Å²) in [6.07, 6.45) is 0. The Bertz CT molecular complexity index is 887. The normalized spacial score (nSPS) is 10.7. The van der Waals surface area contributed by atoms with E-state index in [0.717, 1.165) is 11.3 Å². The van der Waals surface area contributed by atoms with Crippen molar-refractivity contribution in [2.45, 2.75) is 27.3 Å². The van der Waals surface area contributed by atoms with Crippen molar-refractivity contribution in [2.24, 2.45) is 5.41 Å². The van der Waals surface area contributed by atoms with Crippen LogP contribution in [-0.2, 0) is 11.3 Å². The first-order chi connectivity index (χ1) is 14.7. The van der Waals surface area contributed by atoms with E-state index in [-0.39, 0.29) is 24.4 Å². The summed E-state index contributed by atoms with van der Waals surface area (Å²) < 4.78 is 5.09. The lowest BCUT2D eigenvalue weighted by atomic mass is 9.95. The molecule has 0 spiro atoms. The lowest BCUT2D eigenvalue weighted by Crippen LogP contribution is -2.40. The number of benzene rings is 2. The number of anilines is 1. The van der Waals surface area contributed by atoms with Crippen molar-refractivity contribution in [2.75, 3.05) is 25.5 Å². The van der Waals surface area contributed by atoms with E-state index in [2.05, 4.69) is 21.3 Å². The molecule has 2 rings (SSSR count). The molecule has 166 valence electrons. The summed E-state index contributed by atoms with van der Waals surface area (Å²) in [5.41, 5.74) is 1.56. The van der Waals surface area contributed by atoms with Crippen LogP contribution in [0.15, 0.2) is 48.5 Å². The van der Waals surface area contributed by atoms with E-state index in [1.54, 1.807) is 31.4 Å². The van der Waals surface area contributed by atoms with Crippen LogP contribution in [-0.4, -0.2) is 38.0 Å². The van der Waals surface area contributed by atoms with Gasteiger partial charge in [0, 0.05) is 36.3 Å². The van der Waals surface area contributed by atoms with Gasteiger partial charge in [-0.05, 0) is 42.0 Å². The number of rotatable bonds is 8. The Kier molecular flexibility index (Phi) is 8.43. The first-order valence-electron chi connectivity index (χ1n) is 10.0. The third kappa shape index (κ3) is 8.00. The van der Waals surface area contributed by atoms with E-state index >= 15 is 0 Å². The summed E-state index contributed by atoms with van der Waals surface area (Å²) in [7, 11) is 1.60. The van der Waals surface area contributed by atoms with Gasteiger partial charge in [-0.3, -0.25) is 9.59 Å². The molecule has 0 saturated heterocycles. The van der Waals surface area contributed by atoms with Crippen molar-refractivity contribution in [3.8, 4) is 5.75 Å². The summed E-state index contributed by atoms with van der Waals surface area (Å²) >= 11 is 0. The smallest absolute Gasteiger partial charge is 0.315 e.